The molecule has 11 heteroatoms. The monoisotopic (exact) mass is 498 g/mol. The Hall–Kier alpha value is -2.43. The van der Waals surface area contributed by atoms with Gasteiger partial charge in [-0.2, -0.15) is 0 Å². The molecule has 0 bridgehead atoms. The van der Waals surface area contributed by atoms with Crippen LogP contribution in [0.1, 0.15) is 19.8 Å². The molecule has 0 saturated carbocycles. The van der Waals surface area contributed by atoms with E-state index in [1.165, 1.54) is 51.1 Å². The second kappa shape index (κ2) is 10.0. The molecule has 3 rings (SSSR count). The van der Waals surface area contributed by atoms with E-state index in [1.54, 1.807) is 12.1 Å². The zero-order chi connectivity index (χ0) is 23.5. The molecule has 172 valence electrons. The van der Waals surface area contributed by atoms with Crippen LogP contribution in [0, 0.1) is 0 Å². The number of halogens is 1. The summed E-state index contributed by atoms with van der Waals surface area (Å²) < 4.78 is 36.5. The zero-order valence-electron chi connectivity index (χ0n) is 17.7. The maximum absolute atomic E-state index is 13.1. The molecule has 1 atom stereocenters. The van der Waals surface area contributed by atoms with Crippen LogP contribution >= 0.6 is 23.4 Å². The van der Waals surface area contributed by atoms with Crippen molar-refractivity contribution in [1.82, 2.24) is 0 Å². The fraction of sp³-hybridized carbons (Fsp3) is 0.333. The van der Waals surface area contributed by atoms with Crippen molar-refractivity contribution in [3.05, 3.63) is 35.4 Å². The summed E-state index contributed by atoms with van der Waals surface area (Å²) in [5, 5.41) is 4.54. The third-order valence-corrected chi connectivity index (χ3v) is 8.40. The Kier molecular flexibility index (Phi) is 7.58. The molecule has 0 spiro atoms. The number of hydrogen-bond acceptors (Lipinski definition) is 7. The minimum atomic E-state index is -3.83. The number of benzene rings is 2. The van der Waals surface area contributed by atoms with Crippen LogP contribution in [0.3, 0.4) is 0 Å². The van der Waals surface area contributed by atoms with Crippen molar-refractivity contribution in [3.63, 3.8) is 0 Å². The maximum atomic E-state index is 13.1. The van der Waals surface area contributed by atoms with Crippen LogP contribution in [0.2, 0.25) is 5.02 Å². The predicted octanol–water partition coefficient (Wildman–Crippen LogP) is 3.98. The van der Waals surface area contributed by atoms with Crippen molar-refractivity contribution in [3.8, 4) is 11.5 Å². The van der Waals surface area contributed by atoms with Crippen molar-refractivity contribution >= 4 is 56.4 Å². The second-order valence-corrected chi connectivity index (χ2v) is 11.0. The number of hydrogen-bond donors (Lipinski definition) is 2. The van der Waals surface area contributed by atoms with Crippen molar-refractivity contribution in [2.75, 3.05) is 30.6 Å². The number of ether oxygens (including phenoxy) is 2. The number of fused-ring (bicyclic) bond motifs is 1. The summed E-state index contributed by atoms with van der Waals surface area (Å²) in [5.41, 5.74) is 0.694. The van der Waals surface area contributed by atoms with Crippen LogP contribution in [0.4, 0.5) is 11.4 Å². The fourth-order valence-electron chi connectivity index (χ4n) is 3.13. The van der Waals surface area contributed by atoms with Gasteiger partial charge in [-0.3, -0.25) is 9.59 Å². The quantitative estimate of drug-likeness (QED) is 0.593. The van der Waals surface area contributed by atoms with E-state index in [9.17, 15) is 18.0 Å². The first-order valence-electron chi connectivity index (χ1n) is 9.67. The van der Waals surface area contributed by atoms with Gasteiger partial charge in [0.05, 0.1) is 35.1 Å². The summed E-state index contributed by atoms with van der Waals surface area (Å²) in [5.74, 6) is 0.666. The average Bonchev–Trinajstić information content (AvgIpc) is 2.94. The highest BCUT2D eigenvalue weighted by Crippen LogP contribution is 2.37. The first-order valence-corrected chi connectivity index (χ1v) is 12.6. The van der Waals surface area contributed by atoms with Crippen LogP contribution in [-0.2, 0) is 19.4 Å². The summed E-state index contributed by atoms with van der Waals surface area (Å²) in [4.78, 5) is 25.3. The molecule has 2 aromatic rings. The van der Waals surface area contributed by atoms with Gasteiger partial charge in [-0.1, -0.05) is 11.6 Å². The number of rotatable bonds is 7. The molecule has 0 aliphatic carbocycles. The van der Waals surface area contributed by atoms with Crippen molar-refractivity contribution in [2.24, 2.45) is 0 Å². The number of sulfone groups is 1. The molecule has 32 heavy (non-hydrogen) atoms. The van der Waals surface area contributed by atoms with E-state index in [4.69, 9.17) is 21.1 Å². The summed E-state index contributed by atoms with van der Waals surface area (Å²) in [6.45, 7) is 1.46. The molecule has 1 aliphatic heterocycles. The fourth-order valence-corrected chi connectivity index (χ4v) is 5.69. The Morgan fingerprint density at radius 3 is 2.69 bits per heavy atom. The molecule has 0 saturated heterocycles. The summed E-state index contributed by atoms with van der Waals surface area (Å²) in [6, 6.07) is 7.69. The third kappa shape index (κ3) is 5.31. The standard InChI is InChI=1S/C21H23ClN2O6S2/c1-12(8-20(26)24-21-15(22)9-13(29-2)10-17(21)30-3)32(27,28)14-4-5-18-16(11-14)23-19(25)6-7-31-18/h4-5,9-12H,6-8H2,1-3H3,(H,23,25)(H,24,26)/t12-/m1/s1. The molecular weight excluding hydrogens is 476 g/mol. The Morgan fingerprint density at radius 2 is 2.00 bits per heavy atom. The SMILES string of the molecule is COc1cc(Cl)c(NC(=O)C[C@@H](C)S(=O)(=O)c2ccc3c(c2)NC(=O)CCS3)c(OC)c1. The molecule has 2 N–H and O–H groups in total. The van der Waals surface area contributed by atoms with Crippen LogP contribution < -0.4 is 20.1 Å². The number of anilines is 2. The number of thioether (sulfide) groups is 1. The summed E-state index contributed by atoms with van der Waals surface area (Å²) in [6.07, 6.45) is 0.0570. The van der Waals surface area contributed by atoms with Crippen molar-refractivity contribution in [1.29, 1.82) is 0 Å². The molecule has 0 aromatic heterocycles. The van der Waals surface area contributed by atoms with Gasteiger partial charge in [0, 0.05) is 35.6 Å². The predicted molar refractivity (Wildman–Crippen MR) is 125 cm³/mol. The number of nitrogens with one attached hydrogen (secondary N) is 2. The molecule has 0 unspecified atom stereocenters. The van der Waals surface area contributed by atoms with E-state index in [1.807, 2.05) is 0 Å². The smallest absolute Gasteiger partial charge is 0.225 e. The Labute approximate surface area is 195 Å². The summed E-state index contributed by atoms with van der Waals surface area (Å²) >= 11 is 7.71. The van der Waals surface area contributed by atoms with Gasteiger partial charge in [0.25, 0.3) is 0 Å². The molecule has 8 nitrogen and oxygen atoms in total. The van der Waals surface area contributed by atoms with E-state index in [0.29, 0.717) is 23.6 Å². The van der Waals surface area contributed by atoms with Gasteiger partial charge in [-0.15, -0.1) is 11.8 Å². The molecule has 1 heterocycles. The molecule has 2 amide bonds. The van der Waals surface area contributed by atoms with Gasteiger partial charge in [0.1, 0.15) is 17.2 Å². The lowest BCUT2D eigenvalue weighted by atomic mass is 10.2. The number of carbonyl (C=O) groups is 2. The van der Waals surface area contributed by atoms with E-state index < -0.39 is 21.0 Å². The van der Waals surface area contributed by atoms with Crippen LogP contribution in [0.15, 0.2) is 40.1 Å². The van der Waals surface area contributed by atoms with E-state index in [-0.39, 0.29) is 33.7 Å². The lowest BCUT2D eigenvalue weighted by molar-refractivity contribution is -0.116. The van der Waals surface area contributed by atoms with Gasteiger partial charge in [-0.05, 0) is 25.1 Å². The van der Waals surface area contributed by atoms with Crippen LogP contribution in [0.25, 0.3) is 0 Å². The third-order valence-electron chi connectivity index (χ3n) is 4.89. The van der Waals surface area contributed by atoms with E-state index in [0.717, 1.165) is 4.90 Å². The Balaban J connectivity index is 1.77. The normalized spacial score (nSPS) is 14.6. The molecule has 0 radical (unpaired) electrons. The highest BCUT2D eigenvalue weighted by atomic mass is 35.5. The number of amides is 2. The van der Waals surface area contributed by atoms with Crippen molar-refractivity contribution in [2.45, 2.75) is 34.8 Å². The first-order chi connectivity index (χ1) is 15.1. The lowest BCUT2D eigenvalue weighted by Gasteiger charge is -2.17. The van der Waals surface area contributed by atoms with Gasteiger partial charge < -0.3 is 20.1 Å². The van der Waals surface area contributed by atoms with Gasteiger partial charge in [-0.25, -0.2) is 8.42 Å². The Morgan fingerprint density at radius 1 is 1.25 bits per heavy atom. The number of carbonyl (C=O) groups excluding carboxylic acids is 2. The maximum Gasteiger partial charge on any atom is 0.225 e. The van der Waals surface area contributed by atoms with Crippen LogP contribution in [-0.4, -0.2) is 45.5 Å². The minimum absolute atomic E-state index is 0.0411. The molecule has 2 aromatic carbocycles. The van der Waals surface area contributed by atoms with E-state index in [2.05, 4.69) is 10.6 Å². The van der Waals surface area contributed by atoms with Gasteiger partial charge in [0.15, 0.2) is 9.84 Å². The molecular formula is C21H23ClN2O6S2. The average molecular weight is 499 g/mol. The zero-order valence-corrected chi connectivity index (χ0v) is 20.1. The second-order valence-electron chi connectivity index (χ2n) is 7.10. The highest BCUT2D eigenvalue weighted by molar-refractivity contribution is 7.99. The molecule has 1 aliphatic rings. The minimum Gasteiger partial charge on any atom is -0.497 e. The topological polar surface area (TPSA) is 111 Å². The first kappa shape index (κ1) is 24.2. The van der Waals surface area contributed by atoms with Gasteiger partial charge in [0.2, 0.25) is 11.8 Å². The molecule has 0 fully saturated rings. The van der Waals surface area contributed by atoms with Gasteiger partial charge >= 0.3 is 0 Å². The van der Waals surface area contributed by atoms with E-state index >= 15 is 0 Å². The highest BCUT2D eigenvalue weighted by Gasteiger charge is 2.28. The summed E-state index contributed by atoms with van der Waals surface area (Å²) in [7, 11) is -0.937. The Bertz CT molecular complexity index is 1150. The van der Waals surface area contributed by atoms with Crippen molar-refractivity contribution < 1.29 is 27.5 Å². The van der Waals surface area contributed by atoms with Crippen LogP contribution in [0.5, 0.6) is 11.5 Å². The number of methoxy groups -OCH3 is 2. The lowest BCUT2D eigenvalue weighted by Crippen LogP contribution is -2.25. The largest absolute Gasteiger partial charge is 0.497 e.